The van der Waals surface area contributed by atoms with Crippen LogP contribution in [-0.2, 0) is 11.3 Å². The lowest BCUT2D eigenvalue weighted by atomic mass is 10.0. The summed E-state index contributed by atoms with van der Waals surface area (Å²) < 4.78 is 15.2. The zero-order chi connectivity index (χ0) is 19.0. The number of pyridine rings is 1. The molecule has 27 heavy (non-hydrogen) atoms. The molecule has 0 aliphatic heterocycles. The first-order valence-corrected chi connectivity index (χ1v) is 10.7. The maximum absolute atomic E-state index is 14.4. The standard InChI is InChI=1S/C20H18FIN2O2S/c1-11-6-7-23-20-17(11)18(19(25)24-26-10-12-2-3-12)16(27-20)8-13-4-5-14(22)9-15(13)21/h4-7,9,12H,2-3,8,10H2,1H3,(H,24,25). The lowest BCUT2D eigenvalue weighted by molar-refractivity contribution is 0.0271. The first kappa shape index (κ1) is 18.8. The Labute approximate surface area is 174 Å². The number of hydrogen-bond donors (Lipinski definition) is 1. The zero-order valence-corrected chi connectivity index (χ0v) is 17.7. The van der Waals surface area contributed by atoms with Crippen molar-refractivity contribution in [2.75, 3.05) is 6.61 Å². The van der Waals surface area contributed by atoms with Crippen molar-refractivity contribution in [2.24, 2.45) is 5.92 Å². The summed E-state index contributed by atoms with van der Waals surface area (Å²) >= 11 is 3.51. The maximum atomic E-state index is 14.4. The summed E-state index contributed by atoms with van der Waals surface area (Å²) in [4.78, 5) is 24.2. The number of fused-ring (bicyclic) bond motifs is 1. The Balaban J connectivity index is 1.69. The molecule has 4 nitrogen and oxygen atoms in total. The van der Waals surface area contributed by atoms with Crippen LogP contribution < -0.4 is 5.48 Å². The molecule has 1 amide bonds. The highest BCUT2D eigenvalue weighted by atomic mass is 127. The van der Waals surface area contributed by atoms with Crippen LogP contribution in [0.1, 0.15) is 39.2 Å². The fraction of sp³-hybridized carbons (Fsp3) is 0.300. The monoisotopic (exact) mass is 496 g/mol. The van der Waals surface area contributed by atoms with Gasteiger partial charge in [0.05, 0.1) is 12.2 Å². The molecule has 1 aromatic carbocycles. The second-order valence-electron chi connectivity index (χ2n) is 6.81. The molecule has 1 N–H and O–H groups in total. The Morgan fingerprint density at radius 2 is 2.22 bits per heavy atom. The van der Waals surface area contributed by atoms with Gasteiger partial charge in [0.25, 0.3) is 5.91 Å². The number of rotatable bonds is 6. The normalized spacial score (nSPS) is 13.9. The van der Waals surface area contributed by atoms with E-state index >= 15 is 0 Å². The average molecular weight is 496 g/mol. The molecule has 0 radical (unpaired) electrons. The minimum Gasteiger partial charge on any atom is -0.273 e. The van der Waals surface area contributed by atoms with Crippen molar-refractivity contribution >= 4 is 50.1 Å². The summed E-state index contributed by atoms with van der Waals surface area (Å²) in [6.45, 7) is 2.49. The molecular formula is C20H18FIN2O2S. The molecule has 140 valence electrons. The fourth-order valence-electron chi connectivity index (χ4n) is 2.99. The number of aromatic nitrogens is 1. The summed E-state index contributed by atoms with van der Waals surface area (Å²) in [5, 5.41) is 0.816. The Morgan fingerprint density at radius 3 is 2.96 bits per heavy atom. The highest BCUT2D eigenvalue weighted by Crippen LogP contribution is 2.34. The van der Waals surface area contributed by atoms with E-state index in [-0.39, 0.29) is 11.7 Å². The molecular weight excluding hydrogens is 478 g/mol. The summed E-state index contributed by atoms with van der Waals surface area (Å²) in [5.74, 6) is -0.00687. The first-order valence-electron chi connectivity index (χ1n) is 8.76. The third kappa shape index (κ3) is 4.14. The number of hydroxylamine groups is 1. The highest BCUT2D eigenvalue weighted by molar-refractivity contribution is 14.1. The molecule has 0 atom stereocenters. The number of carbonyl (C=O) groups is 1. The average Bonchev–Trinajstić information content (AvgIpc) is 3.36. The van der Waals surface area contributed by atoms with E-state index in [4.69, 9.17) is 4.84 Å². The molecule has 0 unspecified atom stereocenters. The Morgan fingerprint density at radius 1 is 1.41 bits per heavy atom. The van der Waals surface area contributed by atoms with Gasteiger partial charge in [-0.2, -0.15) is 0 Å². The number of amides is 1. The fourth-order valence-corrected chi connectivity index (χ4v) is 4.67. The quantitative estimate of drug-likeness (QED) is 0.386. The molecule has 4 rings (SSSR count). The molecule has 1 aliphatic carbocycles. The molecule has 1 aliphatic rings. The van der Waals surface area contributed by atoms with Crippen LogP contribution in [-0.4, -0.2) is 17.5 Å². The molecule has 7 heteroatoms. The summed E-state index contributed by atoms with van der Waals surface area (Å²) in [6.07, 6.45) is 4.37. The number of nitrogens with zero attached hydrogens (tertiary/aromatic N) is 1. The number of aryl methyl sites for hydroxylation is 1. The van der Waals surface area contributed by atoms with Crippen LogP contribution in [0.2, 0.25) is 0 Å². The molecule has 0 spiro atoms. The van der Waals surface area contributed by atoms with Crippen molar-refractivity contribution in [1.82, 2.24) is 10.5 Å². The van der Waals surface area contributed by atoms with Crippen molar-refractivity contribution in [3.8, 4) is 0 Å². The van der Waals surface area contributed by atoms with Gasteiger partial charge in [-0.25, -0.2) is 14.9 Å². The van der Waals surface area contributed by atoms with Gasteiger partial charge in [-0.1, -0.05) is 6.07 Å². The van der Waals surface area contributed by atoms with Crippen molar-refractivity contribution < 1.29 is 14.0 Å². The van der Waals surface area contributed by atoms with Crippen molar-refractivity contribution in [3.63, 3.8) is 0 Å². The van der Waals surface area contributed by atoms with E-state index < -0.39 is 0 Å². The Kier molecular flexibility index (Phi) is 5.43. The third-order valence-corrected chi connectivity index (χ3v) is 6.42. The van der Waals surface area contributed by atoms with Gasteiger partial charge in [0.15, 0.2) is 0 Å². The van der Waals surface area contributed by atoms with Gasteiger partial charge >= 0.3 is 0 Å². The molecule has 3 aromatic rings. The molecule has 2 heterocycles. The van der Waals surface area contributed by atoms with Crippen LogP contribution in [0.5, 0.6) is 0 Å². The third-order valence-electron chi connectivity index (χ3n) is 4.65. The van der Waals surface area contributed by atoms with Crippen molar-refractivity contribution in [1.29, 1.82) is 0 Å². The van der Waals surface area contributed by atoms with Gasteiger partial charge in [0, 0.05) is 26.5 Å². The van der Waals surface area contributed by atoms with Crippen LogP contribution in [0, 0.1) is 22.2 Å². The second kappa shape index (κ2) is 7.81. The van der Waals surface area contributed by atoms with E-state index in [1.165, 1.54) is 17.4 Å². The Hall–Kier alpha value is -1.58. The minimum absolute atomic E-state index is 0.264. The van der Waals surface area contributed by atoms with Gasteiger partial charge in [-0.3, -0.25) is 9.63 Å². The topological polar surface area (TPSA) is 51.2 Å². The lowest BCUT2D eigenvalue weighted by Gasteiger charge is -2.09. The number of nitrogens with one attached hydrogen (secondary N) is 1. The number of hydrogen-bond acceptors (Lipinski definition) is 4. The number of thiophene rings is 1. The van der Waals surface area contributed by atoms with Crippen LogP contribution in [0.25, 0.3) is 10.2 Å². The minimum atomic E-state index is -0.293. The van der Waals surface area contributed by atoms with Crippen molar-refractivity contribution in [2.45, 2.75) is 26.2 Å². The number of benzene rings is 1. The molecule has 0 saturated heterocycles. The SMILES string of the molecule is Cc1ccnc2sc(Cc3ccc(I)cc3F)c(C(=O)NOCC3CC3)c12. The van der Waals surface area contributed by atoms with Crippen molar-refractivity contribution in [3.05, 3.63) is 61.4 Å². The number of halogens is 2. The molecule has 1 fully saturated rings. The Bertz CT molecular complexity index is 1020. The van der Waals surface area contributed by atoms with Crippen LogP contribution in [0.3, 0.4) is 0 Å². The predicted octanol–water partition coefficient (Wildman–Crippen LogP) is 5.01. The van der Waals surface area contributed by atoms with Gasteiger partial charge in [0.2, 0.25) is 0 Å². The van der Waals surface area contributed by atoms with Crippen LogP contribution >= 0.6 is 33.9 Å². The zero-order valence-electron chi connectivity index (χ0n) is 14.7. The summed E-state index contributed by atoms with van der Waals surface area (Å²) in [6, 6.07) is 7.03. The van der Waals surface area contributed by atoms with E-state index in [1.54, 1.807) is 12.3 Å². The molecule has 2 aromatic heterocycles. The predicted molar refractivity (Wildman–Crippen MR) is 112 cm³/mol. The van der Waals surface area contributed by atoms with Gasteiger partial charge < -0.3 is 0 Å². The molecule has 0 bridgehead atoms. The molecule has 1 saturated carbocycles. The highest BCUT2D eigenvalue weighted by Gasteiger charge is 2.24. The smallest absolute Gasteiger partial charge is 0.273 e. The second-order valence-corrected chi connectivity index (χ2v) is 9.14. The number of carbonyl (C=O) groups excluding carboxylic acids is 1. The van der Waals surface area contributed by atoms with E-state index in [1.807, 2.05) is 19.1 Å². The first-order chi connectivity index (χ1) is 13.0. The maximum Gasteiger partial charge on any atom is 0.276 e. The van der Waals surface area contributed by atoms with Crippen LogP contribution in [0.4, 0.5) is 4.39 Å². The van der Waals surface area contributed by atoms with E-state index in [2.05, 4.69) is 33.1 Å². The van der Waals surface area contributed by atoms with E-state index in [9.17, 15) is 9.18 Å². The largest absolute Gasteiger partial charge is 0.276 e. The van der Waals surface area contributed by atoms with Gasteiger partial charge in [-0.15, -0.1) is 11.3 Å². The van der Waals surface area contributed by atoms with Gasteiger partial charge in [0.1, 0.15) is 10.6 Å². The summed E-state index contributed by atoms with van der Waals surface area (Å²) in [7, 11) is 0. The van der Waals surface area contributed by atoms with Crippen LogP contribution in [0.15, 0.2) is 30.5 Å². The van der Waals surface area contributed by atoms with E-state index in [0.717, 1.165) is 37.1 Å². The van der Waals surface area contributed by atoms with E-state index in [0.29, 0.717) is 30.1 Å². The lowest BCUT2D eigenvalue weighted by Crippen LogP contribution is -2.25. The summed E-state index contributed by atoms with van der Waals surface area (Å²) in [5.41, 5.74) is 4.64. The van der Waals surface area contributed by atoms with Gasteiger partial charge in [-0.05, 0) is 77.6 Å².